The summed E-state index contributed by atoms with van der Waals surface area (Å²) < 4.78 is 0. The highest BCUT2D eigenvalue weighted by Crippen LogP contribution is 2.29. The van der Waals surface area contributed by atoms with Gasteiger partial charge in [-0.25, -0.2) is 0 Å². The van der Waals surface area contributed by atoms with Crippen molar-refractivity contribution in [2.75, 3.05) is 19.6 Å². The Balaban J connectivity index is 1.62. The van der Waals surface area contributed by atoms with Crippen molar-refractivity contribution >= 4 is 0 Å². The van der Waals surface area contributed by atoms with Gasteiger partial charge in [-0.15, -0.1) is 0 Å². The zero-order chi connectivity index (χ0) is 13.8. The summed E-state index contributed by atoms with van der Waals surface area (Å²) in [7, 11) is 0. The van der Waals surface area contributed by atoms with Crippen LogP contribution in [0.1, 0.15) is 36.8 Å². The Hall–Kier alpha value is -0.900. The lowest BCUT2D eigenvalue weighted by molar-refractivity contribution is 0.159. The molecular formula is C17H26N2O. The van der Waals surface area contributed by atoms with E-state index in [4.69, 9.17) is 5.11 Å². The van der Waals surface area contributed by atoms with Crippen LogP contribution < -0.4 is 5.32 Å². The van der Waals surface area contributed by atoms with Gasteiger partial charge < -0.3 is 10.4 Å². The maximum Gasteiger partial charge on any atom is 0.0681 e. The third-order valence-electron chi connectivity index (χ3n) is 4.88. The number of nitrogens with zero attached hydrogens (tertiary/aromatic N) is 1. The van der Waals surface area contributed by atoms with E-state index in [-0.39, 0.29) is 6.61 Å². The predicted molar refractivity (Wildman–Crippen MR) is 81.4 cm³/mol. The Labute approximate surface area is 122 Å². The molecule has 2 aliphatic heterocycles. The molecule has 2 fully saturated rings. The Morgan fingerprint density at radius 3 is 2.60 bits per heavy atom. The number of piperidine rings is 1. The molecule has 0 aliphatic carbocycles. The van der Waals surface area contributed by atoms with Gasteiger partial charge in [0.1, 0.15) is 0 Å². The summed E-state index contributed by atoms with van der Waals surface area (Å²) in [4.78, 5) is 2.67. The number of likely N-dealkylation sites (tertiary alicyclic amines) is 1. The summed E-state index contributed by atoms with van der Waals surface area (Å²) in [5.74, 6) is 0.836. The van der Waals surface area contributed by atoms with E-state index in [2.05, 4.69) is 22.3 Å². The molecule has 2 aliphatic rings. The van der Waals surface area contributed by atoms with E-state index >= 15 is 0 Å². The highest BCUT2D eigenvalue weighted by molar-refractivity contribution is 5.22. The smallest absolute Gasteiger partial charge is 0.0681 e. The zero-order valence-electron chi connectivity index (χ0n) is 12.2. The van der Waals surface area contributed by atoms with E-state index in [9.17, 15) is 0 Å². The fraction of sp³-hybridized carbons (Fsp3) is 0.647. The maximum atomic E-state index is 9.11. The Morgan fingerprint density at radius 2 is 1.90 bits per heavy atom. The van der Waals surface area contributed by atoms with Crippen LogP contribution in [-0.4, -0.2) is 35.7 Å². The van der Waals surface area contributed by atoms with Gasteiger partial charge in [0.05, 0.1) is 6.61 Å². The van der Waals surface area contributed by atoms with Crippen molar-refractivity contribution in [3.05, 3.63) is 35.4 Å². The minimum Gasteiger partial charge on any atom is -0.392 e. The van der Waals surface area contributed by atoms with Gasteiger partial charge in [-0.3, -0.25) is 4.90 Å². The number of nitrogens with one attached hydrogen (secondary N) is 1. The first kappa shape index (κ1) is 14.1. The first-order valence-electron chi connectivity index (χ1n) is 8.00. The highest BCUT2D eigenvalue weighted by atomic mass is 16.3. The molecule has 0 bridgehead atoms. The Bertz CT molecular complexity index is 412. The Kier molecular flexibility index (Phi) is 4.71. The maximum absolute atomic E-state index is 9.11. The molecule has 2 N–H and O–H groups in total. The quantitative estimate of drug-likeness (QED) is 0.883. The lowest BCUT2D eigenvalue weighted by Crippen LogP contribution is -2.42. The SMILES string of the molecule is OCc1ccc(CN2CCCC2C2CCCNC2)cc1. The average molecular weight is 274 g/mol. The number of benzene rings is 1. The van der Waals surface area contributed by atoms with Gasteiger partial charge in [-0.1, -0.05) is 24.3 Å². The van der Waals surface area contributed by atoms with Gasteiger partial charge in [0.15, 0.2) is 0 Å². The second-order valence-corrected chi connectivity index (χ2v) is 6.26. The first-order chi connectivity index (χ1) is 9.86. The molecule has 20 heavy (non-hydrogen) atoms. The summed E-state index contributed by atoms with van der Waals surface area (Å²) in [6, 6.07) is 9.19. The fourth-order valence-electron chi connectivity index (χ4n) is 3.77. The molecule has 2 saturated heterocycles. The van der Waals surface area contributed by atoms with Gasteiger partial charge in [0.2, 0.25) is 0 Å². The fourth-order valence-corrected chi connectivity index (χ4v) is 3.77. The van der Waals surface area contributed by atoms with E-state index in [1.54, 1.807) is 0 Å². The molecule has 3 heteroatoms. The van der Waals surface area contributed by atoms with Crippen molar-refractivity contribution < 1.29 is 5.11 Å². The third kappa shape index (κ3) is 3.22. The molecule has 0 saturated carbocycles. The van der Waals surface area contributed by atoms with Gasteiger partial charge in [0, 0.05) is 12.6 Å². The van der Waals surface area contributed by atoms with Gasteiger partial charge in [0.25, 0.3) is 0 Å². The lowest BCUT2D eigenvalue weighted by Gasteiger charge is -2.34. The van der Waals surface area contributed by atoms with Crippen LogP contribution in [0.25, 0.3) is 0 Å². The zero-order valence-corrected chi connectivity index (χ0v) is 12.2. The second-order valence-electron chi connectivity index (χ2n) is 6.26. The monoisotopic (exact) mass is 274 g/mol. The number of hydrogen-bond acceptors (Lipinski definition) is 3. The van der Waals surface area contributed by atoms with Crippen molar-refractivity contribution in [1.29, 1.82) is 0 Å². The van der Waals surface area contributed by atoms with Crippen molar-refractivity contribution in [3.63, 3.8) is 0 Å². The standard InChI is InChI=1S/C17H26N2O/c20-13-15-7-5-14(6-8-15)12-19-10-2-4-17(19)16-3-1-9-18-11-16/h5-8,16-18,20H,1-4,9-13H2. The Morgan fingerprint density at radius 1 is 1.10 bits per heavy atom. The molecule has 2 atom stereocenters. The lowest BCUT2D eigenvalue weighted by atomic mass is 9.90. The summed E-state index contributed by atoms with van der Waals surface area (Å²) >= 11 is 0. The van der Waals surface area contributed by atoms with Crippen LogP contribution in [0.15, 0.2) is 24.3 Å². The number of hydrogen-bond donors (Lipinski definition) is 2. The highest BCUT2D eigenvalue weighted by Gasteiger charge is 2.32. The molecule has 1 aromatic rings. The van der Waals surface area contributed by atoms with Crippen molar-refractivity contribution in [2.45, 2.75) is 44.9 Å². The van der Waals surface area contributed by atoms with Crippen LogP contribution in [0.5, 0.6) is 0 Å². The molecule has 3 rings (SSSR count). The van der Waals surface area contributed by atoms with E-state index in [1.165, 1.54) is 50.9 Å². The summed E-state index contributed by atoms with van der Waals surface area (Å²) in [6.45, 7) is 4.84. The van der Waals surface area contributed by atoms with E-state index in [0.717, 1.165) is 24.1 Å². The van der Waals surface area contributed by atoms with Gasteiger partial charge in [-0.05, 0) is 62.4 Å². The minimum absolute atomic E-state index is 0.139. The molecule has 0 spiro atoms. The van der Waals surface area contributed by atoms with Crippen molar-refractivity contribution in [3.8, 4) is 0 Å². The van der Waals surface area contributed by atoms with Crippen LogP contribution in [0.4, 0.5) is 0 Å². The molecule has 0 radical (unpaired) electrons. The number of aliphatic hydroxyl groups excluding tert-OH is 1. The molecule has 110 valence electrons. The van der Waals surface area contributed by atoms with E-state index in [1.807, 2.05) is 12.1 Å². The van der Waals surface area contributed by atoms with Crippen molar-refractivity contribution in [1.82, 2.24) is 10.2 Å². The third-order valence-corrected chi connectivity index (χ3v) is 4.88. The predicted octanol–water partition coefficient (Wildman–Crippen LogP) is 2.14. The molecule has 2 unspecified atom stereocenters. The van der Waals surface area contributed by atoms with Gasteiger partial charge in [-0.2, -0.15) is 0 Å². The summed E-state index contributed by atoms with van der Waals surface area (Å²) in [6.07, 6.45) is 5.43. The van der Waals surface area contributed by atoms with Crippen molar-refractivity contribution in [2.24, 2.45) is 5.92 Å². The summed E-state index contributed by atoms with van der Waals surface area (Å²) in [5, 5.41) is 12.7. The molecular weight excluding hydrogens is 248 g/mol. The molecule has 0 aromatic heterocycles. The van der Waals surface area contributed by atoms with Crippen LogP contribution in [0.2, 0.25) is 0 Å². The second kappa shape index (κ2) is 6.70. The van der Waals surface area contributed by atoms with E-state index in [0.29, 0.717) is 0 Å². The van der Waals surface area contributed by atoms with Crippen LogP contribution in [0, 0.1) is 5.92 Å². The van der Waals surface area contributed by atoms with Crippen LogP contribution in [-0.2, 0) is 13.2 Å². The van der Waals surface area contributed by atoms with Crippen LogP contribution in [0.3, 0.4) is 0 Å². The first-order valence-corrected chi connectivity index (χ1v) is 8.00. The molecule has 0 amide bonds. The molecule has 2 heterocycles. The van der Waals surface area contributed by atoms with Gasteiger partial charge >= 0.3 is 0 Å². The minimum atomic E-state index is 0.139. The molecule has 3 nitrogen and oxygen atoms in total. The number of aliphatic hydroxyl groups is 1. The number of rotatable bonds is 4. The molecule has 1 aromatic carbocycles. The topological polar surface area (TPSA) is 35.5 Å². The normalized spacial score (nSPS) is 27.9. The average Bonchev–Trinajstić information content (AvgIpc) is 2.97. The summed E-state index contributed by atoms with van der Waals surface area (Å²) in [5.41, 5.74) is 2.38. The largest absolute Gasteiger partial charge is 0.392 e. The van der Waals surface area contributed by atoms with E-state index < -0.39 is 0 Å². The van der Waals surface area contributed by atoms with Crippen LogP contribution >= 0.6 is 0 Å².